The van der Waals surface area contributed by atoms with Crippen molar-refractivity contribution in [3.63, 3.8) is 0 Å². The van der Waals surface area contributed by atoms with Crippen LogP contribution in [-0.4, -0.2) is 59.8 Å². The molecule has 0 unspecified atom stereocenters. The van der Waals surface area contributed by atoms with Crippen molar-refractivity contribution in [2.75, 3.05) is 32.7 Å². The Morgan fingerprint density at radius 3 is 2.36 bits per heavy atom. The van der Waals surface area contributed by atoms with Crippen LogP contribution in [0.4, 0.5) is 0 Å². The van der Waals surface area contributed by atoms with E-state index in [1.54, 1.807) is 0 Å². The van der Waals surface area contributed by atoms with Crippen LogP contribution < -0.4 is 0 Å². The van der Waals surface area contributed by atoms with E-state index < -0.39 is 0 Å². The Morgan fingerprint density at radius 1 is 1.14 bits per heavy atom. The lowest BCUT2D eigenvalue weighted by molar-refractivity contribution is 0.0368. The van der Waals surface area contributed by atoms with Crippen molar-refractivity contribution < 1.29 is 5.11 Å². The van der Waals surface area contributed by atoms with E-state index in [0.717, 1.165) is 19.5 Å². The van der Waals surface area contributed by atoms with Gasteiger partial charge in [-0.1, -0.05) is 6.92 Å². The molecule has 0 spiro atoms. The summed E-state index contributed by atoms with van der Waals surface area (Å²) in [4.78, 5) is 4.97. The molecule has 2 fully saturated rings. The summed E-state index contributed by atoms with van der Waals surface area (Å²) in [6, 6.07) is 0.467. The first-order valence-electron chi connectivity index (χ1n) is 5.95. The molecule has 2 rings (SSSR count). The van der Waals surface area contributed by atoms with Gasteiger partial charge in [0, 0.05) is 32.2 Å². The molecule has 2 atom stereocenters. The molecule has 1 N–H and O–H groups in total. The van der Waals surface area contributed by atoms with Gasteiger partial charge in [0.15, 0.2) is 0 Å². The highest BCUT2D eigenvalue weighted by molar-refractivity contribution is 4.87. The molecule has 3 heteroatoms. The minimum absolute atomic E-state index is 0.0526. The highest BCUT2D eigenvalue weighted by Gasteiger charge is 2.31. The van der Waals surface area contributed by atoms with Gasteiger partial charge in [0.2, 0.25) is 0 Å². The van der Waals surface area contributed by atoms with Gasteiger partial charge in [-0.05, 0) is 25.8 Å². The van der Waals surface area contributed by atoms with Gasteiger partial charge in [-0.2, -0.15) is 0 Å². The minimum atomic E-state index is -0.0526. The van der Waals surface area contributed by atoms with E-state index in [-0.39, 0.29) is 6.10 Å². The summed E-state index contributed by atoms with van der Waals surface area (Å²) in [7, 11) is 0. The van der Waals surface area contributed by atoms with Crippen LogP contribution in [0.2, 0.25) is 0 Å². The number of rotatable bonds is 2. The summed E-state index contributed by atoms with van der Waals surface area (Å²) in [6.07, 6.45) is 3.37. The fourth-order valence-corrected chi connectivity index (χ4v) is 2.76. The van der Waals surface area contributed by atoms with Crippen LogP contribution >= 0.6 is 0 Å². The van der Waals surface area contributed by atoms with Gasteiger partial charge < -0.3 is 10.0 Å². The fraction of sp³-hybridized carbons (Fsp3) is 1.00. The summed E-state index contributed by atoms with van der Waals surface area (Å²) in [5.41, 5.74) is 0. The maximum Gasteiger partial charge on any atom is 0.0695 e. The van der Waals surface area contributed by atoms with Gasteiger partial charge in [-0.15, -0.1) is 0 Å². The lowest BCUT2D eigenvalue weighted by atomic mass is 10.1. The molecule has 0 aromatic rings. The largest absolute Gasteiger partial charge is 0.391 e. The minimum Gasteiger partial charge on any atom is -0.391 e. The summed E-state index contributed by atoms with van der Waals surface area (Å²) in [5, 5.41) is 9.81. The van der Waals surface area contributed by atoms with E-state index in [2.05, 4.69) is 16.7 Å². The second-order valence-corrected chi connectivity index (χ2v) is 4.54. The third kappa shape index (κ3) is 2.10. The molecule has 14 heavy (non-hydrogen) atoms. The molecule has 0 aromatic heterocycles. The van der Waals surface area contributed by atoms with E-state index in [4.69, 9.17) is 0 Å². The molecule has 0 amide bonds. The predicted octanol–water partition coefficient (Wildman–Crippen LogP) is 0.537. The Morgan fingerprint density at radius 2 is 1.86 bits per heavy atom. The smallest absolute Gasteiger partial charge is 0.0695 e. The molecular weight excluding hydrogens is 176 g/mol. The van der Waals surface area contributed by atoms with Crippen LogP contribution in [0.15, 0.2) is 0 Å². The third-order valence-corrected chi connectivity index (χ3v) is 3.77. The molecule has 1 saturated heterocycles. The van der Waals surface area contributed by atoms with Crippen LogP contribution in [0.25, 0.3) is 0 Å². The molecule has 1 aliphatic carbocycles. The number of piperazine rings is 1. The fourth-order valence-electron chi connectivity index (χ4n) is 2.76. The summed E-state index contributed by atoms with van der Waals surface area (Å²) >= 11 is 0. The quantitative estimate of drug-likeness (QED) is 0.701. The first-order chi connectivity index (χ1) is 6.81. The standard InChI is InChI=1S/C11H22N2O/c1-2-12-6-8-13(9-7-12)10-4-3-5-11(10)14/h10-11,14H,2-9H2,1H3/t10-,11-/m0/s1. The summed E-state index contributed by atoms with van der Waals surface area (Å²) in [6.45, 7) is 8.05. The van der Waals surface area contributed by atoms with Crippen molar-refractivity contribution in [2.45, 2.75) is 38.3 Å². The van der Waals surface area contributed by atoms with E-state index >= 15 is 0 Å². The van der Waals surface area contributed by atoms with Gasteiger partial charge in [-0.3, -0.25) is 4.90 Å². The number of aliphatic hydroxyl groups is 1. The Kier molecular flexibility index (Phi) is 3.42. The SMILES string of the molecule is CCN1CCN([C@H]2CCC[C@@H]2O)CC1. The highest BCUT2D eigenvalue weighted by atomic mass is 16.3. The molecular formula is C11H22N2O. The van der Waals surface area contributed by atoms with Gasteiger partial charge in [0.25, 0.3) is 0 Å². The van der Waals surface area contributed by atoms with Gasteiger partial charge in [-0.25, -0.2) is 0 Å². The second-order valence-electron chi connectivity index (χ2n) is 4.54. The topological polar surface area (TPSA) is 26.7 Å². The Bertz CT molecular complexity index is 178. The number of nitrogens with zero attached hydrogens (tertiary/aromatic N) is 2. The first-order valence-corrected chi connectivity index (χ1v) is 5.95. The number of aliphatic hydroxyl groups excluding tert-OH is 1. The van der Waals surface area contributed by atoms with Crippen molar-refractivity contribution >= 4 is 0 Å². The molecule has 2 aliphatic rings. The van der Waals surface area contributed by atoms with E-state index in [1.165, 1.54) is 32.5 Å². The maximum absolute atomic E-state index is 9.81. The van der Waals surface area contributed by atoms with Crippen LogP contribution in [0.5, 0.6) is 0 Å². The molecule has 1 saturated carbocycles. The zero-order valence-corrected chi connectivity index (χ0v) is 9.15. The molecule has 0 bridgehead atoms. The highest BCUT2D eigenvalue weighted by Crippen LogP contribution is 2.24. The maximum atomic E-state index is 9.81. The van der Waals surface area contributed by atoms with Crippen molar-refractivity contribution in [2.24, 2.45) is 0 Å². The monoisotopic (exact) mass is 198 g/mol. The predicted molar refractivity (Wildman–Crippen MR) is 57.3 cm³/mol. The van der Waals surface area contributed by atoms with Gasteiger partial charge in [0.1, 0.15) is 0 Å². The Labute approximate surface area is 86.7 Å². The molecule has 82 valence electrons. The molecule has 1 heterocycles. The molecule has 0 radical (unpaired) electrons. The van der Waals surface area contributed by atoms with Crippen molar-refractivity contribution in [3.05, 3.63) is 0 Å². The summed E-state index contributed by atoms with van der Waals surface area (Å²) in [5.74, 6) is 0. The lowest BCUT2D eigenvalue weighted by Crippen LogP contribution is -2.52. The first kappa shape index (κ1) is 10.4. The van der Waals surface area contributed by atoms with Gasteiger partial charge in [0.05, 0.1) is 6.10 Å². The van der Waals surface area contributed by atoms with E-state index in [1.807, 2.05) is 0 Å². The average Bonchev–Trinajstić information content (AvgIpc) is 2.65. The lowest BCUT2D eigenvalue weighted by Gasteiger charge is -2.38. The van der Waals surface area contributed by atoms with Crippen molar-refractivity contribution in [1.82, 2.24) is 9.80 Å². The molecule has 1 aliphatic heterocycles. The van der Waals surface area contributed by atoms with Crippen LogP contribution in [0.1, 0.15) is 26.2 Å². The number of likely N-dealkylation sites (N-methyl/N-ethyl adjacent to an activating group) is 1. The zero-order valence-electron chi connectivity index (χ0n) is 9.15. The average molecular weight is 198 g/mol. The number of hydrogen-bond acceptors (Lipinski definition) is 3. The van der Waals surface area contributed by atoms with Crippen LogP contribution in [0, 0.1) is 0 Å². The Balaban J connectivity index is 1.82. The van der Waals surface area contributed by atoms with E-state index in [9.17, 15) is 5.11 Å². The van der Waals surface area contributed by atoms with E-state index in [0.29, 0.717) is 6.04 Å². The molecule has 0 aromatic carbocycles. The molecule has 3 nitrogen and oxygen atoms in total. The Hall–Kier alpha value is -0.120. The third-order valence-electron chi connectivity index (χ3n) is 3.77. The zero-order chi connectivity index (χ0) is 9.97. The van der Waals surface area contributed by atoms with Crippen molar-refractivity contribution in [3.8, 4) is 0 Å². The van der Waals surface area contributed by atoms with Crippen LogP contribution in [-0.2, 0) is 0 Å². The normalized spacial score (nSPS) is 36.4. The summed E-state index contributed by atoms with van der Waals surface area (Å²) < 4.78 is 0. The second kappa shape index (κ2) is 4.60. The van der Waals surface area contributed by atoms with Crippen molar-refractivity contribution in [1.29, 1.82) is 0 Å². The number of hydrogen-bond donors (Lipinski definition) is 1. The van der Waals surface area contributed by atoms with Gasteiger partial charge >= 0.3 is 0 Å². The van der Waals surface area contributed by atoms with Crippen LogP contribution in [0.3, 0.4) is 0 Å².